The van der Waals surface area contributed by atoms with Crippen LogP contribution >= 0.6 is 11.3 Å². The van der Waals surface area contributed by atoms with E-state index in [-0.39, 0.29) is 0 Å². The van der Waals surface area contributed by atoms with Crippen molar-refractivity contribution in [2.45, 2.75) is 6.92 Å². The number of rotatable bonds is 1. The Balaban J connectivity index is 1.88. The van der Waals surface area contributed by atoms with Crippen LogP contribution < -0.4 is 15.2 Å². The Bertz CT molecular complexity index is 765. The van der Waals surface area contributed by atoms with Gasteiger partial charge in [0, 0.05) is 12.1 Å². The number of nitrogen functional groups attached to an aromatic ring is 1. The van der Waals surface area contributed by atoms with E-state index in [1.54, 1.807) is 0 Å². The fraction of sp³-hybridized carbons (Fsp3) is 0.231. The lowest BCUT2D eigenvalue weighted by Gasteiger charge is -2.17. The lowest BCUT2D eigenvalue weighted by molar-refractivity contribution is 0.172. The fourth-order valence-electron chi connectivity index (χ4n) is 2.29. The molecule has 4 rings (SSSR count). The van der Waals surface area contributed by atoms with Crippen molar-refractivity contribution in [2.24, 2.45) is 0 Å². The summed E-state index contributed by atoms with van der Waals surface area (Å²) in [5.74, 6) is 2.26. The van der Waals surface area contributed by atoms with E-state index in [0.717, 1.165) is 38.9 Å². The molecule has 0 aliphatic carbocycles. The molecule has 0 unspecified atom stereocenters. The number of nitrogens with zero attached hydrogens (tertiary/aromatic N) is 2. The molecule has 0 saturated heterocycles. The molecule has 0 radical (unpaired) electrons. The molecule has 1 aromatic carbocycles. The van der Waals surface area contributed by atoms with E-state index in [9.17, 15) is 0 Å². The van der Waals surface area contributed by atoms with Gasteiger partial charge in [0.15, 0.2) is 22.5 Å². The lowest BCUT2D eigenvalue weighted by atomic mass is 10.2. The van der Waals surface area contributed by atoms with Crippen molar-refractivity contribution in [3.8, 4) is 22.2 Å². The molecular weight excluding hydrogens is 276 g/mol. The number of aromatic amines is 1. The van der Waals surface area contributed by atoms with Crippen LogP contribution in [0.25, 0.3) is 21.7 Å². The molecule has 1 aliphatic rings. The molecule has 20 heavy (non-hydrogen) atoms. The molecule has 3 aromatic rings. The number of ether oxygens (including phenoxy) is 2. The number of fused-ring (bicyclic) bond motifs is 2. The normalized spacial score (nSPS) is 13.8. The number of hydrogen-bond acceptors (Lipinski definition) is 6. The number of hydrogen-bond donors (Lipinski definition) is 2. The average molecular weight is 288 g/mol. The Morgan fingerprint density at radius 3 is 2.65 bits per heavy atom. The van der Waals surface area contributed by atoms with Crippen LogP contribution in [0.4, 0.5) is 5.13 Å². The van der Waals surface area contributed by atoms with Crippen LogP contribution in [0.2, 0.25) is 0 Å². The second kappa shape index (κ2) is 4.11. The molecule has 7 heteroatoms. The fourth-order valence-corrected chi connectivity index (χ4v) is 3.07. The van der Waals surface area contributed by atoms with Crippen LogP contribution in [0.1, 0.15) is 5.69 Å². The highest BCUT2D eigenvalue weighted by Gasteiger charge is 2.17. The maximum absolute atomic E-state index is 5.74. The van der Waals surface area contributed by atoms with Crippen molar-refractivity contribution < 1.29 is 9.47 Å². The van der Waals surface area contributed by atoms with E-state index in [4.69, 9.17) is 15.2 Å². The van der Waals surface area contributed by atoms with Gasteiger partial charge in [-0.25, -0.2) is 9.97 Å². The minimum absolute atomic E-state index is 0.545. The molecule has 6 nitrogen and oxygen atoms in total. The van der Waals surface area contributed by atoms with Gasteiger partial charge < -0.3 is 20.2 Å². The minimum atomic E-state index is 0.545. The maximum Gasteiger partial charge on any atom is 0.180 e. The van der Waals surface area contributed by atoms with E-state index < -0.39 is 0 Å². The van der Waals surface area contributed by atoms with Crippen molar-refractivity contribution in [1.82, 2.24) is 15.0 Å². The summed E-state index contributed by atoms with van der Waals surface area (Å²) in [6.45, 7) is 3.07. The smallest absolute Gasteiger partial charge is 0.180 e. The van der Waals surface area contributed by atoms with Crippen molar-refractivity contribution in [3.05, 3.63) is 17.8 Å². The van der Waals surface area contributed by atoms with Gasteiger partial charge in [0.1, 0.15) is 13.2 Å². The Morgan fingerprint density at radius 1 is 1.20 bits per heavy atom. The predicted molar refractivity (Wildman–Crippen MR) is 77.3 cm³/mol. The topological polar surface area (TPSA) is 86.1 Å². The van der Waals surface area contributed by atoms with Crippen molar-refractivity contribution in [3.63, 3.8) is 0 Å². The van der Waals surface area contributed by atoms with E-state index in [1.165, 1.54) is 11.3 Å². The number of aryl methyl sites for hydroxylation is 1. The molecule has 102 valence electrons. The van der Waals surface area contributed by atoms with Gasteiger partial charge in [-0.15, -0.1) is 0 Å². The average Bonchev–Trinajstić information content (AvgIpc) is 2.98. The summed E-state index contributed by atoms with van der Waals surface area (Å²) in [6.07, 6.45) is 0. The Morgan fingerprint density at radius 2 is 1.95 bits per heavy atom. The standard InChI is InChI=1S/C13H12N4O2S/c1-6-11(20-13(14)15-6)12-16-7-4-9-10(5-8(7)17-12)19-3-2-18-9/h4-5H,2-3H2,1H3,(H2,14,15)(H,16,17). The van der Waals surface area contributed by atoms with Crippen LogP contribution in [0.15, 0.2) is 12.1 Å². The summed E-state index contributed by atoms with van der Waals surface area (Å²) in [7, 11) is 0. The molecule has 0 atom stereocenters. The van der Waals surface area contributed by atoms with Gasteiger partial charge in [-0.1, -0.05) is 11.3 Å². The van der Waals surface area contributed by atoms with Crippen LogP contribution in [0.3, 0.4) is 0 Å². The molecule has 3 heterocycles. The van der Waals surface area contributed by atoms with Gasteiger partial charge in [-0.05, 0) is 6.92 Å². The van der Waals surface area contributed by atoms with Gasteiger partial charge in [0.2, 0.25) is 0 Å². The van der Waals surface area contributed by atoms with Crippen LogP contribution in [0.5, 0.6) is 11.5 Å². The zero-order valence-electron chi connectivity index (χ0n) is 10.8. The van der Waals surface area contributed by atoms with Crippen molar-refractivity contribution in [2.75, 3.05) is 18.9 Å². The SMILES string of the molecule is Cc1nc(N)sc1-c1nc2cc3c(cc2[nH]1)OCCO3. The van der Waals surface area contributed by atoms with E-state index in [0.29, 0.717) is 18.3 Å². The van der Waals surface area contributed by atoms with Gasteiger partial charge >= 0.3 is 0 Å². The van der Waals surface area contributed by atoms with Gasteiger partial charge in [0.25, 0.3) is 0 Å². The van der Waals surface area contributed by atoms with Crippen LogP contribution in [-0.2, 0) is 0 Å². The second-order valence-corrected chi connectivity index (χ2v) is 5.60. The quantitative estimate of drug-likeness (QED) is 0.718. The van der Waals surface area contributed by atoms with Crippen LogP contribution in [0, 0.1) is 6.92 Å². The Hall–Kier alpha value is -2.28. The van der Waals surface area contributed by atoms with Gasteiger partial charge in [-0.3, -0.25) is 0 Å². The number of anilines is 1. The summed E-state index contributed by atoms with van der Waals surface area (Å²) in [6, 6.07) is 3.81. The highest BCUT2D eigenvalue weighted by Crippen LogP contribution is 2.36. The first-order valence-electron chi connectivity index (χ1n) is 6.23. The molecule has 0 bridgehead atoms. The number of imidazole rings is 1. The first kappa shape index (κ1) is 11.5. The van der Waals surface area contributed by atoms with Crippen molar-refractivity contribution in [1.29, 1.82) is 0 Å². The molecule has 0 fully saturated rings. The third-order valence-corrected chi connectivity index (χ3v) is 4.17. The van der Waals surface area contributed by atoms with Gasteiger partial charge in [-0.2, -0.15) is 0 Å². The monoisotopic (exact) mass is 288 g/mol. The first-order chi connectivity index (χ1) is 9.70. The number of nitrogens with two attached hydrogens (primary N) is 1. The van der Waals surface area contributed by atoms with Crippen LogP contribution in [-0.4, -0.2) is 28.2 Å². The molecular formula is C13H12N4O2S. The molecule has 0 amide bonds. The molecule has 2 aromatic heterocycles. The number of thiazole rings is 1. The van der Waals surface area contributed by atoms with E-state index in [2.05, 4.69) is 15.0 Å². The van der Waals surface area contributed by atoms with Gasteiger partial charge in [0.05, 0.1) is 21.6 Å². The number of benzene rings is 1. The second-order valence-electron chi connectivity index (χ2n) is 4.57. The molecule has 1 aliphatic heterocycles. The third kappa shape index (κ3) is 1.70. The zero-order valence-corrected chi connectivity index (χ0v) is 11.6. The highest BCUT2D eigenvalue weighted by molar-refractivity contribution is 7.18. The first-order valence-corrected chi connectivity index (χ1v) is 7.05. The largest absolute Gasteiger partial charge is 0.486 e. The zero-order chi connectivity index (χ0) is 13.7. The number of aromatic nitrogens is 3. The number of nitrogens with one attached hydrogen (secondary N) is 1. The summed E-state index contributed by atoms with van der Waals surface area (Å²) in [4.78, 5) is 13.1. The lowest BCUT2D eigenvalue weighted by Crippen LogP contribution is -2.15. The third-order valence-electron chi connectivity index (χ3n) is 3.17. The highest BCUT2D eigenvalue weighted by atomic mass is 32.1. The molecule has 0 spiro atoms. The summed E-state index contributed by atoms with van der Waals surface area (Å²) >= 11 is 1.43. The van der Waals surface area contributed by atoms with E-state index >= 15 is 0 Å². The van der Waals surface area contributed by atoms with E-state index in [1.807, 2.05) is 19.1 Å². The predicted octanol–water partition coefficient (Wildman–Crippen LogP) is 2.35. The molecule has 3 N–H and O–H groups in total. The summed E-state index contributed by atoms with van der Waals surface area (Å²) in [5, 5.41) is 0.545. The molecule has 0 saturated carbocycles. The maximum atomic E-state index is 5.74. The Labute approximate surface area is 118 Å². The summed E-state index contributed by atoms with van der Waals surface area (Å²) < 4.78 is 11.1. The van der Waals surface area contributed by atoms with Crippen molar-refractivity contribution >= 4 is 27.5 Å². The Kier molecular flexibility index (Phi) is 2.37. The summed E-state index contributed by atoms with van der Waals surface area (Å²) in [5.41, 5.74) is 8.37. The number of H-pyrrole nitrogens is 1. The minimum Gasteiger partial charge on any atom is -0.486 e.